The number of rotatable bonds is 12. The molecular formula is C110H85BN6. The molecule has 0 radical (unpaired) electrons. The largest absolute Gasteiger partial charge is 0.335 e. The van der Waals surface area contributed by atoms with Crippen molar-refractivity contribution in [3.05, 3.63) is 410 Å². The molecule has 6 nitrogen and oxygen atoms in total. The van der Waals surface area contributed by atoms with Crippen LogP contribution in [0, 0.1) is 0 Å². The van der Waals surface area contributed by atoms with Gasteiger partial charge in [0.05, 0.1) is 62.4 Å². The minimum atomic E-state index is -0.691. The first-order valence-electron chi connectivity index (χ1n) is 48.3. The molecule has 16 aromatic carbocycles. The molecule has 1 atom stereocenters. The molecule has 0 bridgehead atoms. The Morgan fingerprint density at radius 2 is 0.726 bits per heavy atom. The highest BCUT2D eigenvalue weighted by molar-refractivity contribution is 6.94. The average molecular weight is 1520 g/mol. The molecule has 5 heterocycles. The Morgan fingerprint density at radius 1 is 0.316 bits per heavy atom. The molecular weight excluding hydrogens is 1420 g/mol. The number of benzene rings is 16. The van der Waals surface area contributed by atoms with Gasteiger partial charge < -0.3 is 28.4 Å². The maximum absolute atomic E-state index is 10.3. The molecule has 0 N–H and O–H groups in total. The van der Waals surface area contributed by atoms with Crippen molar-refractivity contribution in [1.82, 2.24) is 13.7 Å². The zero-order valence-corrected chi connectivity index (χ0v) is 65.2. The molecule has 3 aliphatic rings. The summed E-state index contributed by atoms with van der Waals surface area (Å²) >= 11 is 0. The fourth-order valence-electron chi connectivity index (χ4n) is 18.4. The molecule has 117 heavy (non-hydrogen) atoms. The third-order valence-electron chi connectivity index (χ3n) is 23.9. The lowest BCUT2D eigenvalue weighted by Crippen LogP contribution is -2.61. The fraction of sp³-hybridized carbons (Fsp3) is 0.0909. The number of aromatic nitrogens is 3. The van der Waals surface area contributed by atoms with Crippen LogP contribution in [0.1, 0.15) is 82.4 Å². The van der Waals surface area contributed by atoms with Gasteiger partial charge in [0.2, 0.25) is 6.71 Å². The fourth-order valence-corrected chi connectivity index (χ4v) is 18.4. The van der Waals surface area contributed by atoms with Gasteiger partial charge in [-0.05, 0) is 234 Å². The van der Waals surface area contributed by atoms with Gasteiger partial charge in [-0.25, -0.2) is 0 Å². The lowest BCUT2D eigenvalue weighted by molar-refractivity contribution is 0.590. The molecule has 0 spiro atoms. The van der Waals surface area contributed by atoms with Crippen molar-refractivity contribution in [3.63, 3.8) is 0 Å². The Balaban J connectivity index is 0.905. The van der Waals surface area contributed by atoms with E-state index in [0.717, 1.165) is 122 Å². The van der Waals surface area contributed by atoms with E-state index in [0.29, 0.717) is 45.8 Å². The lowest BCUT2D eigenvalue weighted by Gasteiger charge is -2.51. The van der Waals surface area contributed by atoms with E-state index in [1.54, 1.807) is 45.9 Å². The smallest absolute Gasteiger partial charge is 0.247 e. The van der Waals surface area contributed by atoms with Crippen LogP contribution in [-0.2, 0) is 10.8 Å². The second-order valence-corrected chi connectivity index (χ2v) is 32.8. The van der Waals surface area contributed by atoms with Crippen molar-refractivity contribution >= 4 is 129 Å². The summed E-state index contributed by atoms with van der Waals surface area (Å²) < 4.78 is 167. The molecule has 22 rings (SSSR count). The van der Waals surface area contributed by atoms with Crippen LogP contribution in [-0.4, -0.2) is 26.5 Å². The molecule has 1 aliphatic carbocycles. The summed E-state index contributed by atoms with van der Waals surface area (Å²) in [6.07, 6.45) is 2.71. The summed E-state index contributed by atoms with van der Waals surface area (Å²) in [5.41, 5.74) is 20.4. The molecule has 558 valence electrons. The maximum atomic E-state index is 10.3. The van der Waals surface area contributed by atoms with Gasteiger partial charge in [-0.3, -0.25) is 0 Å². The first-order chi connectivity index (χ1) is 64.3. The van der Waals surface area contributed by atoms with Crippen LogP contribution in [0.3, 0.4) is 0 Å². The second kappa shape index (κ2) is 27.3. The van der Waals surface area contributed by atoms with Crippen molar-refractivity contribution in [1.29, 1.82) is 0 Å². The van der Waals surface area contributed by atoms with Gasteiger partial charge >= 0.3 is 0 Å². The predicted molar refractivity (Wildman–Crippen MR) is 497 cm³/mol. The summed E-state index contributed by atoms with van der Waals surface area (Å²) in [6.45, 7) is 12.7. The van der Waals surface area contributed by atoms with Crippen LogP contribution < -0.4 is 25.6 Å². The first kappa shape index (κ1) is 53.8. The maximum Gasteiger partial charge on any atom is 0.247 e. The van der Waals surface area contributed by atoms with Gasteiger partial charge in [0.25, 0.3) is 0 Å². The lowest BCUT2D eigenvalue weighted by atomic mass is 9.31. The summed E-state index contributed by atoms with van der Waals surface area (Å²) in [5.74, 6) is 0. The van der Waals surface area contributed by atoms with Crippen LogP contribution in [0.15, 0.2) is 399 Å². The van der Waals surface area contributed by atoms with Gasteiger partial charge in [-0.2, -0.15) is 0 Å². The van der Waals surface area contributed by atoms with E-state index in [-0.39, 0.29) is 61.3 Å². The van der Waals surface area contributed by atoms with Gasteiger partial charge in [0, 0.05) is 101 Å². The number of hydrogen-bond acceptors (Lipinski definition) is 3. The second-order valence-electron chi connectivity index (χ2n) is 32.8. The third-order valence-corrected chi connectivity index (χ3v) is 23.9. The topological polar surface area (TPSA) is 24.5 Å². The summed E-state index contributed by atoms with van der Waals surface area (Å²) in [6, 6.07) is 85.9. The van der Waals surface area contributed by atoms with E-state index in [2.05, 4.69) is 202 Å². The number of anilines is 7. The van der Waals surface area contributed by atoms with E-state index in [1.807, 2.05) is 108 Å². The van der Waals surface area contributed by atoms with Gasteiger partial charge in [-0.1, -0.05) is 278 Å². The van der Waals surface area contributed by atoms with Crippen molar-refractivity contribution < 1.29 is 23.3 Å². The molecule has 19 aromatic rings. The summed E-state index contributed by atoms with van der Waals surface area (Å²) in [7, 11) is 0. The molecule has 1 unspecified atom stereocenters. The number of allylic oxidation sites excluding steroid dienone is 1. The zero-order valence-electron chi connectivity index (χ0n) is 82.2. The predicted octanol–water partition coefficient (Wildman–Crippen LogP) is 27.7. The number of para-hydroxylation sites is 5. The Hall–Kier alpha value is -14.1. The monoisotopic (exact) mass is 1520 g/mol. The first-order valence-corrected chi connectivity index (χ1v) is 39.8. The van der Waals surface area contributed by atoms with Crippen molar-refractivity contribution in [2.45, 2.75) is 64.8 Å². The van der Waals surface area contributed by atoms with E-state index >= 15 is 0 Å². The van der Waals surface area contributed by atoms with Crippen molar-refractivity contribution in [2.24, 2.45) is 0 Å². The van der Waals surface area contributed by atoms with E-state index in [9.17, 15) is 19.2 Å². The minimum absolute atomic E-state index is 0.0411. The standard InChI is InChI=1S/C110H85BN6/c1-109(2,3)80-49-56-101-93(65-80)94-66-81(110(4,5)6)50-57-102(94)115(101)89-70-106-108-107(71-89)117(88-63-78(74-35-17-9-18-36-74)60-79(64-88)75-37-19-10-20-38-75)105-69-86(114-100-48-30-27-45-92(100)95-67-84(53-58-103(95)114)112(82-39-21-11-22-40-82)83-41-23-12-24-42-83)52-55-97(105)111(108)96-54-51-85(113-98-46-28-25-43-90(98)91-44-26-29-47-99(91)113)68-104(96)116(106)87-61-76(72-31-13-7-14-32-72)59-77(62-87)73-33-15-8-16-34-73/h7-70,107H,71H2,1-6H3/i11D,21D,22D,25D,26D,27D,28D,29D,30D,39D,40D,43D,44D,45D,46D,47D,48D. The summed E-state index contributed by atoms with van der Waals surface area (Å²) in [5, 5.41) is 2.55. The van der Waals surface area contributed by atoms with Crippen LogP contribution in [0.5, 0.6) is 0 Å². The molecule has 7 heteroatoms. The molecule has 0 saturated carbocycles. The minimum Gasteiger partial charge on any atom is -0.335 e. The third kappa shape index (κ3) is 11.6. The number of hydrogen-bond donors (Lipinski definition) is 0. The van der Waals surface area contributed by atoms with Crippen LogP contribution >= 0.6 is 0 Å². The van der Waals surface area contributed by atoms with E-state index in [1.165, 1.54) is 0 Å². The van der Waals surface area contributed by atoms with Crippen LogP contribution in [0.4, 0.5) is 39.8 Å². The van der Waals surface area contributed by atoms with E-state index < -0.39 is 103 Å². The highest BCUT2D eigenvalue weighted by Crippen LogP contribution is 2.53. The highest BCUT2D eigenvalue weighted by atomic mass is 15.2. The quantitative estimate of drug-likeness (QED) is 0.114. The normalized spacial score (nSPS) is 16.1. The molecule has 0 amide bonds. The Bertz CT molecular complexity index is 8060. The highest BCUT2D eigenvalue weighted by Gasteiger charge is 2.50. The molecule has 2 aliphatic heterocycles. The Labute approximate surface area is 707 Å². The number of fused-ring (bicyclic) bond motifs is 13. The molecule has 0 fully saturated rings. The average Bonchev–Trinajstić information content (AvgIpc) is 1.20. The van der Waals surface area contributed by atoms with Gasteiger partial charge in [0.15, 0.2) is 0 Å². The Kier molecular flexibility index (Phi) is 12.5. The summed E-state index contributed by atoms with van der Waals surface area (Å²) in [4.78, 5) is 6.41. The SMILES string of the molecule is [2H]c1c([2H])c([2H])c(N(c2ccccc2)c2ccc3c(c2)c2c([2H])c([2H])c([2H])c([2H])c2n3-c2ccc3c(c2)N(c2cc(-c4ccccc4)cc(-c4ccccc4)c2)C2CC(n4c5ccc(C(C)(C)C)cc5c5cc(C(C)(C)C)ccc54)=CC4=C2B3c2ccc(-n3c5c([2H])c([2H])c([2H])c([2H])c5c5c([2H])c([2H])c([2H])c([2H])c53)cc2N4c2cc(-c3ccccc3)cc(-c3ccccc3)c2)c([2H])c1[2H]. The van der Waals surface area contributed by atoms with Crippen LogP contribution in [0.2, 0.25) is 0 Å². The molecule has 0 saturated heterocycles. The van der Waals surface area contributed by atoms with Crippen molar-refractivity contribution in [3.8, 4) is 55.9 Å². The Morgan fingerprint density at radius 3 is 1.22 bits per heavy atom. The van der Waals surface area contributed by atoms with Gasteiger partial charge in [0.1, 0.15) is 0 Å². The zero-order chi connectivity index (χ0) is 93.2. The van der Waals surface area contributed by atoms with Crippen molar-refractivity contribution in [2.75, 3.05) is 14.7 Å². The van der Waals surface area contributed by atoms with Crippen LogP contribution in [0.25, 0.3) is 127 Å². The molecule has 3 aromatic heterocycles. The van der Waals surface area contributed by atoms with E-state index in [4.69, 9.17) is 4.11 Å². The van der Waals surface area contributed by atoms with Gasteiger partial charge in [-0.15, -0.1) is 0 Å². The number of nitrogens with zero attached hydrogens (tertiary/aromatic N) is 6.